The van der Waals surface area contributed by atoms with Gasteiger partial charge in [0, 0.05) is 48.1 Å². The molecule has 0 aliphatic carbocycles. The van der Waals surface area contributed by atoms with Crippen LogP contribution in [0.2, 0.25) is 0 Å². The van der Waals surface area contributed by atoms with E-state index in [-0.39, 0.29) is 24.4 Å². The van der Waals surface area contributed by atoms with Crippen molar-refractivity contribution in [1.29, 1.82) is 0 Å². The zero-order valence-electron chi connectivity index (χ0n) is 37.7. The van der Waals surface area contributed by atoms with Gasteiger partial charge in [0.1, 0.15) is 12.2 Å². The van der Waals surface area contributed by atoms with Gasteiger partial charge in [0.15, 0.2) is 0 Å². The molecule has 6 fully saturated rings. The molecule has 1 aromatic heterocycles. The smallest absolute Gasteiger partial charge is 0.414 e. The molecule has 2 atom stereocenters. The van der Waals surface area contributed by atoms with Crippen LogP contribution in [0.25, 0.3) is 0 Å². The average Bonchev–Trinajstić information content (AvgIpc) is 3.88. The number of hydrogen-bond acceptors (Lipinski definition) is 8. The standard InChI is InChI=1S/C22H26N2O2.C19H22N2O2S.C12H17NO2/c25-22(26-21-17-23-14-12-19(21)13-15-23)24(20-9-5-2-6-10-20)16-11-18-7-3-1-4-8-18;22-19(23-18-14-20-10-8-15(18)9-11-20)21(13-17-7-4-12-24-17)16-5-2-1-3-6-16;1-2-3-7-10-13(12(14)15)11-8-5-4-6-9-11/h1-10,19,21H,11-17H2;1-7,12,15,18H,8-11,13-14H2;4-6,8-9H,2-3,7,10H2,1H3,(H,14,15)/t21-;18-;/m00./s1. The first-order valence-electron chi connectivity index (χ1n) is 23.5. The lowest BCUT2D eigenvalue weighted by Crippen LogP contribution is -2.53. The van der Waals surface area contributed by atoms with Gasteiger partial charge in [-0.05, 0) is 130 Å². The molecule has 65 heavy (non-hydrogen) atoms. The van der Waals surface area contributed by atoms with Crippen molar-refractivity contribution in [3.8, 4) is 0 Å². The van der Waals surface area contributed by atoms with E-state index >= 15 is 0 Å². The van der Waals surface area contributed by atoms with E-state index in [4.69, 9.17) is 14.6 Å². The molecule has 4 bridgehead atoms. The van der Waals surface area contributed by atoms with Gasteiger partial charge in [-0.2, -0.15) is 0 Å². The number of benzene rings is 4. The first-order valence-corrected chi connectivity index (χ1v) is 24.4. The molecule has 3 amide bonds. The number of para-hydroxylation sites is 3. The van der Waals surface area contributed by atoms with Gasteiger partial charge < -0.3 is 14.6 Å². The van der Waals surface area contributed by atoms with Crippen molar-refractivity contribution in [2.75, 3.05) is 67.1 Å². The van der Waals surface area contributed by atoms with Crippen molar-refractivity contribution < 1.29 is 29.0 Å². The molecule has 11 nitrogen and oxygen atoms in total. The van der Waals surface area contributed by atoms with E-state index in [9.17, 15) is 14.4 Å². The summed E-state index contributed by atoms with van der Waals surface area (Å²) in [5.74, 6) is 1.05. The second-order valence-electron chi connectivity index (χ2n) is 17.3. The Hall–Kier alpha value is -5.69. The molecule has 6 aliphatic rings. The Morgan fingerprint density at radius 3 is 1.48 bits per heavy atom. The van der Waals surface area contributed by atoms with E-state index in [1.54, 1.807) is 21.1 Å². The van der Waals surface area contributed by atoms with Gasteiger partial charge in [0.05, 0.1) is 6.54 Å². The molecule has 6 aliphatic heterocycles. The summed E-state index contributed by atoms with van der Waals surface area (Å²) in [7, 11) is 0. The number of piperidine rings is 6. The van der Waals surface area contributed by atoms with E-state index in [2.05, 4.69) is 34.9 Å². The summed E-state index contributed by atoms with van der Waals surface area (Å²) in [5, 5.41) is 11.1. The molecule has 1 N–H and O–H groups in total. The summed E-state index contributed by atoms with van der Waals surface area (Å²) in [6, 6.07) is 43.2. The highest BCUT2D eigenvalue weighted by Gasteiger charge is 2.39. The highest BCUT2D eigenvalue weighted by atomic mass is 32.1. The quantitative estimate of drug-likeness (QED) is 0.110. The Bertz CT molecular complexity index is 2150. The van der Waals surface area contributed by atoms with Crippen LogP contribution in [0.15, 0.2) is 139 Å². The third-order valence-corrected chi connectivity index (χ3v) is 13.8. The van der Waals surface area contributed by atoms with Gasteiger partial charge in [0.2, 0.25) is 0 Å². The van der Waals surface area contributed by atoms with Gasteiger partial charge in [-0.15, -0.1) is 11.3 Å². The SMILES string of the molecule is CCCCCN(C(=O)O)c1ccccc1.O=C(O[C@H]1CN2CCC1CC2)N(CCc1ccccc1)c1ccccc1.O=C(O[C@H]1CN2CCC1CC2)N(Cc1cccs1)c1ccccc1. The minimum atomic E-state index is -0.877. The van der Waals surface area contributed by atoms with E-state index in [1.807, 2.05) is 121 Å². The van der Waals surface area contributed by atoms with Crippen LogP contribution in [-0.2, 0) is 22.4 Å². The van der Waals surface area contributed by atoms with Crippen molar-refractivity contribution in [1.82, 2.24) is 9.80 Å². The molecular formula is C53H65N5O6S. The first kappa shape index (κ1) is 47.3. The van der Waals surface area contributed by atoms with Gasteiger partial charge in [0.25, 0.3) is 0 Å². The number of hydrogen-bond donors (Lipinski definition) is 1. The number of fused-ring (bicyclic) bond motifs is 6. The molecule has 0 spiro atoms. The first-order chi connectivity index (χ1) is 31.8. The number of ether oxygens (including phenoxy) is 2. The second-order valence-corrected chi connectivity index (χ2v) is 18.4. The number of unbranched alkanes of at least 4 members (excludes halogenated alkanes) is 2. The zero-order chi connectivity index (χ0) is 45.2. The van der Waals surface area contributed by atoms with Crippen molar-refractivity contribution >= 4 is 46.7 Å². The molecule has 6 saturated heterocycles. The number of nitrogens with zero attached hydrogens (tertiary/aromatic N) is 5. The number of thiophene rings is 1. The lowest BCUT2D eigenvalue weighted by molar-refractivity contribution is -0.0312. The van der Waals surface area contributed by atoms with E-state index in [0.29, 0.717) is 31.5 Å². The number of rotatable bonds is 14. The summed E-state index contributed by atoms with van der Waals surface area (Å²) < 4.78 is 11.9. The van der Waals surface area contributed by atoms with Gasteiger partial charge in [-0.25, -0.2) is 14.4 Å². The van der Waals surface area contributed by atoms with Crippen LogP contribution in [-0.4, -0.2) is 97.8 Å². The van der Waals surface area contributed by atoms with Crippen LogP contribution < -0.4 is 14.7 Å². The van der Waals surface area contributed by atoms with Crippen LogP contribution in [0.3, 0.4) is 0 Å². The molecule has 11 rings (SSSR count). The van der Waals surface area contributed by atoms with Crippen molar-refractivity contribution in [2.45, 2.75) is 77.0 Å². The highest BCUT2D eigenvalue weighted by Crippen LogP contribution is 2.32. The predicted molar refractivity (Wildman–Crippen MR) is 261 cm³/mol. The van der Waals surface area contributed by atoms with Gasteiger partial charge in [-0.3, -0.25) is 24.5 Å². The Balaban J connectivity index is 0.000000151. The molecule has 7 heterocycles. The van der Waals surface area contributed by atoms with Crippen LogP contribution in [0, 0.1) is 11.8 Å². The van der Waals surface area contributed by atoms with Crippen LogP contribution >= 0.6 is 11.3 Å². The fraction of sp³-hybridized carbons (Fsp3) is 0.415. The van der Waals surface area contributed by atoms with Crippen LogP contribution in [0.5, 0.6) is 0 Å². The minimum absolute atomic E-state index is 0.0351. The Kier molecular flexibility index (Phi) is 17.9. The maximum atomic E-state index is 13.0. The van der Waals surface area contributed by atoms with Crippen molar-refractivity contribution in [2.24, 2.45) is 11.8 Å². The summed E-state index contributed by atoms with van der Waals surface area (Å²) in [4.78, 5) is 47.8. The Labute approximate surface area is 389 Å². The molecule has 0 unspecified atom stereocenters. The summed E-state index contributed by atoms with van der Waals surface area (Å²) in [5.41, 5.74) is 3.76. The predicted octanol–water partition coefficient (Wildman–Crippen LogP) is 11.3. The molecule has 0 radical (unpaired) electrons. The van der Waals surface area contributed by atoms with Crippen LogP contribution in [0.4, 0.5) is 31.4 Å². The fourth-order valence-electron chi connectivity index (χ4n) is 9.18. The Morgan fingerprint density at radius 1 is 0.585 bits per heavy atom. The maximum absolute atomic E-state index is 13.0. The normalized spacial score (nSPS) is 21.4. The third-order valence-electron chi connectivity index (χ3n) is 12.9. The number of carboxylic acid groups (broad SMARTS) is 1. The summed E-state index contributed by atoms with van der Waals surface area (Å²) in [6.45, 7) is 10.2. The molecule has 4 aromatic carbocycles. The van der Waals surface area contributed by atoms with Crippen LogP contribution in [0.1, 0.15) is 62.3 Å². The summed E-state index contributed by atoms with van der Waals surface area (Å²) in [6.07, 6.45) is 7.23. The molecule has 5 aromatic rings. The Morgan fingerprint density at radius 2 is 1.05 bits per heavy atom. The molecule has 344 valence electrons. The molecular weight excluding hydrogens is 835 g/mol. The van der Waals surface area contributed by atoms with E-state index in [1.165, 1.54) is 10.5 Å². The largest absolute Gasteiger partial charge is 0.465 e. The van der Waals surface area contributed by atoms with E-state index < -0.39 is 6.09 Å². The molecule has 0 saturated carbocycles. The lowest BCUT2D eigenvalue weighted by Gasteiger charge is -2.44. The summed E-state index contributed by atoms with van der Waals surface area (Å²) >= 11 is 1.66. The second kappa shape index (κ2) is 24.6. The van der Waals surface area contributed by atoms with Gasteiger partial charge in [-0.1, -0.05) is 111 Å². The third kappa shape index (κ3) is 13.9. The van der Waals surface area contributed by atoms with Crippen molar-refractivity contribution in [3.63, 3.8) is 0 Å². The lowest BCUT2D eigenvalue weighted by atomic mass is 9.86. The average molecular weight is 900 g/mol. The number of anilines is 3. The molecule has 12 heteroatoms. The topological polar surface area (TPSA) is 106 Å². The van der Waals surface area contributed by atoms with Crippen molar-refractivity contribution in [3.05, 3.63) is 149 Å². The van der Waals surface area contributed by atoms with Gasteiger partial charge >= 0.3 is 18.3 Å². The fourth-order valence-corrected chi connectivity index (χ4v) is 9.88. The van der Waals surface area contributed by atoms with E-state index in [0.717, 1.165) is 113 Å². The number of amides is 3. The number of carbonyl (C=O) groups excluding carboxylic acids is 2. The maximum Gasteiger partial charge on any atom is 0.414 e. The minimum Gasteiger partial charge on any atom is -0.465 e. The number of carbonyl (C=O) groups is 3. The highest BCUT2D eigenvalue weighted by molar-refractivity contribution is 7.09. The zero-order valence-corrected chi connectivity index (χ0v) is 38.6. The monoisotopic (exact) mass is 899 g/mol.